The molecule has 1 N–H and O–H groups in total. The molecule has 1 amide bonds. The van der Waals surface area contributed by atoms with E-state index in [4.69, 9.17) is 33.2 Å². The summed E-state index contributed by atoms with van der Waals surface area (Å²) in [7, 11) is 0. The molecular weight excluding hydrogens is 385 g/mol. The molecular formula is C16H9Cl2N3O5. The molecule has 0 saturated carbocycles. The van der Waals surface area contributed by atoms with Crippen LogP contribution in [0.1, 0.15) is 15.9 Å². The molecule has 2 rings (SSSR count). The molecule has 0 saturated heterocycles. The number of anilines is 1. The first-order valence-electron chi connectivity index (χ1n) is 6.92. The Bertz CT molecular complexity index is 940. The van der Waals surface area contributed by atoms with Gasteiger partial charge >= 0.3 is 5.97 Å². The molecule has 0 aliphatic heterocycles. The van der Waals surface area contributed by atoms with Gasteiger partial charge in [-0.3, -0.25) is 14.9 Å². The van der Waals surface area contributed by atoms with Gasteiger partial charge in [0.25, 0.3) is 11.6 Å². The second kappa shape index (κ2) is 8.29. The number of nitrogens with one attached hydrogen (secondary N) is 1. The van der Waals surface area contributed by atoms with Crippen LogP contribution in [0.15, 0.2) is 36.4 Å². The highest BCUT2D eigenvalue weighted by Crippen LogP contribution is 2.23. The van der Waals surface area contributed by atoms with Crippen LogP contribution >= 0.6 is 23.2 Å². The van der Waals surface area contributed by atoms with Crippen LogP contribution in [0, 0.1) is 21.4 Å². The molecule has 0 aliphatic carbocycles. The third kappa shape index (κ3) is 4.69. The van der Waals surface area contributed by atoms with Gasteiger partial charge in [0.05, 0.1) is 31.8 Å². The molecule has 0 unspecified atom stereocenters. The van der Waals surface area contributed by atoms with Gasteiger partial charge in [-0.2, -0.15) is 5.26 Å². The lowest BCUT2D eigenvalue weighted by Gasteiger charge is -2.08. The highest BCUT2D eigenvalue weighted by Gasteiger charge is 2.15. The summed E-state index contributed by atoms with van der Waals surface area (Å²) in [4.78, 5) is 33.8. The molecule has 2 aromatic rings. The molecule has 132 valence electrons. The third-order valence-corrected chi connectivity index (χ3v) is 3.84. The number of amides is 1. The number of benzene rings is 2. The van der Waals surface area contributed by atoms with E-state index >= 15 is 0 Å². The molecule has 8 nitrogen and oxygen atoms in total. The van der Waals surface area contributed by atoms with E-state index < -0.39 is 23.4 Å². The maximum absolute atomic E-state index is 11.9. The quantitative estimate of drug-likeness (QED) is 0.470. The number of hydrogen-bond acceptors (Lipinski definition) is 6. The number of rotatable bonds is 5. The predicted octanol–water partition coefficient (Wildman–Crippen LogP) is 3.57. The van der Waals surface area contributed by atoms with Crippen molar-refractivity contribution in [2.24, 2.45) is 0 Å². The summed E-state index contributed by atoms with van der Waals surface area (Å²) < 4.78 is 4.85. The van der Waals surface area contributed by atoms with Crippen molar-refractivity contribution in [2.45, 2.75) is 0 Å². The fourth-order valence-corrected chi connectivity index (χ4v) is 2.17. The van der Waals surface area contributed by atoms with Crippen molar-refractivity contribution in [3.63, 3.8) is 0 Å². The van der Waals surface area contributed by atoms with E-state index in [2.05, 4.69) is 5.32 Å². The van der Waals surface area contributed by atoms with Gasteiger partial charge in [0.1, 0.15) is 6.07 Å². The van der Waals surface area contributed by atoms with Crippen molar-refractivity contribution in [1.82, 2.24) is 0 Å². The third-order valence-electron chi connectivity index (χ3n) is 3.10. The Balaban J connectivity index is 2.00. The number of ether oxygens (including phenoxy) is 1. The molecule has 0 radical (unpaired) electrons. The Hall–Kier alpha value is -3.15. The minimum Gasteiger partial charge on any atom is -0.452 e. The van der Waals surface area contributed by atoms with Crippen LogP contribution in [-0.4, -0.2) is 23.4 Å². The number of non-ortho nitro benzene ring substituents is 1. The number of hydrogen-bond donors (Lipinski definition) is 1. The zero-order valence-corrected chi connectivity index (χ0v) is 14.4. The molecule has 26 heavy (non-hydrogen) atoms. The van der Waals surface area contributed by atoms with Gasteiger partial charge < -0.3 is 10.1 Å². The number of carbonyl (C=O) groups excluding carboxylic acids is 2. The minimum absolute atomic E-state index is 0.0636. The van der Waals surface area contributed by atoms with E-state index in [1.807, 2.05) is 0 Å². The lowest BCUT2D eigenvalue weighted by Crippen LogP contribution is -2.21. The van der Waals surface area contributed by atoms with E-state index in [1.165, 1.54) is 24.3 Å². The molecule has 0 bridgehead atoms. The first-order valence-corrected chi connectivity index (χ1v) is 7.68. The largest absolute Gasteiger partial charge is 0.452 e. The van der Waals surface area contributed by atoms with Gasteiger partial charge in [0.2, 0.25) is 0 Å². The van der Waals surface area contributed by atoms with E-state index in [9.17, 15) is 19.7 Å². The van der Waals surface area contributed by atoms with Crippen LogP contribution in [0.4, 0.5) is 11.4 Å². The number of nitro groups is 1. The van der Waals surface area contributed by atoms with Gasteiger partial charge in [-0.1, -0.05) is 23.2 Å². The highest BCUT2D eigenvalue weighted by atomic mass is 35.5. The van der Waals surface area contributed by atoms with Crippen LogP contribution in [0.3, 0.4) is 0 Å². The number of nitrogens with zero attached hydrogens (tertiary/aromatic N) is 2. The Morgan fingerprint density at radius 3 is 2.54 bits per heavy atom. The predicted molar refractivity (Wildman–Crippen MR) is 93.2 cm³/mol. The summed E-state index contributed by atoms with van der Waals surface area (Å²) in [5.74, 6) is -1.51. The zero-order chi connectivity index (χ0) is 19.3. The van der Waals surface area contributed by atoms with Crippen LogP contribution in [0.2, 0.25) is 10.0 Å². The van der Waals surface area contributed by atoms with Crippen molar-refractivity contribution in [2.75, 3.05) is 11.9 Å². The summed E-state index contributed by atoms with van der Waals surface area (Å²) in [6.07, 6.45) is 0. The number of halogens is 2. The molecule has 0 atom stereocenters. The van der Waals surface area contributed by atoms with Crippen LogP contribution in [0.5, 0.6) is 0 Å². The number of nitro benzene ring substituents is 1. The fraction of sp³-hybridized carbons (Fsp3) is 0.0625. The lowest BCUT2D eigenvalue weighted by atomic mass is 10.1. The van der Waals surface area contributed by atoms with Crippen molar-refractivity contribution in [3.8, 4) is 6.07 Å². The van der Waals surface area contributed by atoms with Gasteiger partial charge in [-0.05, 0) is 24.3 Å². The van der Waals surface area contributed by atoms with Crippen LogP contribution in [-0.2, 0) is 9.53 Å². The number of carbonyl (C=O) groups is 2. The Morgan fingerprint density at radius 2 is 1.92 bits per heavy atom. The molecule has 0 heterocycles. The molecule has 0 fully saturated rings. The summed E-state index contributed by atoms with van der Waals surface area (Å²) in [6.45, 7) is -0.624. The maximum atomic E-state index is 11.9. The van der Waals surface area contributed by atoms with Gasteiger partial charge in [0.15, 0.2) is 6.61 Å². The average molecular weight is 394 g/mol. The van der Waals surface area contributed by atoms with E-state index in [0.29, 0.717) is 0 Å². The monoisotopic (exact) mass is 393 g/mol. The lowest BCUT2D eigenvalue weighted by molar-refractivity contribution is -0.384. The van der Waals surface area contributed by atoms with Crippen LogP contribution < -0.4 is 5.32 Å². The van der Waals surface area contributed by atoms with Crippen molar-refractivity contribution >= 4 is 46.5 Å². The first-order chi connectivity index (χ1) is 12.3. The van der Waals surface area contributed by atoms with E-state index in [0.717, 1.165) is 12.1 Å². The van der Waals surface area contributed by atoms with E-state index in [-0.39, 0.29) is 32.5 Å². The van der Waals surface area contributed by atoms with E-state index in [1.54, 1.807) is 6.07 Å². The van der Waals surface area contributed by atoms with Gasteiger partial charge in [0, 0.05) is 12.1 Å². The SMILES string of the molecule is N#Cc1cc([N+](=O)[O-])ccc1NC(=O)COC(=O)c1ccc(Cl)c(Cl)c1. The first kappa shape index (κ1) is 19.2. The van der Waals surface area contributed by atoms with Crippen LogP contribution in [0.25, 0.3) is 0 Å². The second-order valence-electron chi connectivity index (χ2n) is 4.85. The second-order valence-corrected chi connectivity index (χ2v) is 5.67. The maximum Gasteiger partial charge on any atom is 0.338 e. The number of esters is 1. The molecule has 0 aromatic heterocycles. The molecule has 10 heteroatoms. The Morgan fingerprint density at radius 1 is 1.19 bits per heavy atom. The highest BCUT2D eigenvalue weighted by molar-refractivity contribution is 6.42. The number of nitriles is 1. The summed E-state index contributed by atoms with van der Waals surface area (Å²) >= 11 is 11.5. The Kier molecular flexibility index (Phi) is 6.11. The minimum atomic E-state index is -0.789. The summed E-state index contributed by atoms with van der Waals surface area (Å²) in [6, 6.07) is 9.22. The fourth-order valence-electron chi connectivity index (χ4n) is 1.87. The topological polar surface area (TPSA) is 122 Å². The normalized spacial score (nSPS) is 9.88. The van der Waals surface area contributed by atoms with Crippen molar-refractivity contribution < 1.29 is 19.2 Å². The van der Waals surface area contributed by atoms with Crippen molar-refractivity contribution in [1.29, 1.82) is 5.26 Å². The molecule has 2 aromatic carbocycles. The zero-order valence-electron chi connectivity index (χ0n) is 12.9. The van der Waals surface area contributed by atoms with Gasteiger partial charge in [-0.15, -0.1) is 0 Å². The smallest absolute Gasteiger partial charge is 0.338 e. The molecule has 0 aliphatic rings. The standard InChI is InChI=1S/C16H9Cl2N3O5/c17-12-3-1-9(6-13(12)18)16(23)26-8-15(22)20-14-4-2-11(21(24)25)5-10(14)7-19/h1-6H,8H2,(H,20,22). The molecule has 0 spiro atoms. The van der Waals surface area contributed by atoms with Crippen molar-refractivity contribution in [3.05, 3.63) is 67.7 Å². The van der Waals surface area contributed by atoms with Gasteiger partial charge in [-0.25, -0.2) is 4.79 Å². The summed E-state index contributed by atoms with van der Waals surface area (Å²) in [5.41, 5.74) is -0.206. The average Bonchev–Trinajstić information content (AvgIpc) is 2.62. The summed E-state index contributed by atoms with van der Waals surface area (Å²) in [5, 5.41) is 22.5. The Labute approximate surface area is 157 Å².